The number of ether oxygens (including phenoxy) is 1. The van der Waals surface area contributed by atoms with Crippen molar-refractivity contribution in [3.63, 3.8) is 0 Å². The van der Waals surface area contributed by atoms with Crippen LogP contribution < -0.4 is 15.4 Å². The van der Waals surface area contributed by atoms with Gasteiger partial charge in [-0.05, 0) is 62.7 Å². The molecule has 7 nitrogen and oxygen atoms in total. The highest BCUT2D eigenvalue weighted by Gasteiger charge is 2.36. The number of benzene rings is 3. The Morgan fingerprint density at radius 1 is 1.24 bits per heavy atom. The van der Waals surface area contributed by atoms with Gasteiger partial charge in [0.25, 0.3) is 5.91 Å². The highest BCUT2D eigenvalue weighted by Crippen LogP contribution is 2.42. The van der Waals surface area contributed by atoms with Crippen LogP contribution in [0.3, 0.4) is 0 Å². The van der Waals surface area contributed by atoms with Crippen molar-refractivity contribution in [2.24, 2.45) is 0 Å². The first-order chi connectivity index (χ1) is 16.2. The number of fused-ring (bicyclic) bond motifs is 3. The summed E-state index contributed by atoms with van der Waals surface area (Å²) in [7, 11) is 0. The predicted octanol–water partition coefficient (Wildman–Crippen LogP) is 6.11. The Kier molecular flexibility index (Phi) is 5.18. The quantitative estimate of drug-likeness (QED) is 0.333. The second-order valence-electron chi connectivity index (χ2n) is 8.95. The van der Waals surface area contributed by atoms with Crippen molar-refractivity contribution < 1.29 is 9.53 Å². The third-order valence-electron chi connectivity index (χ3n) is 5.79. The fraction of sp³-hybridized carbons (Fsp3) is 0.192. The van der Waals surface area contributed by atoms with Crippen LogP contribution in [0, 0.1) is 18.3 Å². The van der Waals surface area contributed by atoms with E-state index in [9.17, 15) is 4.79 Å². The SMILES string of the molecule is Cc1cccc(Cl)c1Nc1nc2c3c(c(C(=O)Nc4ccc(C#N)cc4)cc2[nH]1)OC(C)(C)C3. The van der Waals surface area contributed by atoms with E-state index >= 15 is 0 Å². The van der Waals surface area contributed by atoms with Gasteiger partial charge < -0.3 is 20.4 Å². The molecule has 0 saturated heterocycles. The lowest BCUT2D eigenvalue weighted by atomic mass is 9.98. The molecule has 170 valence electrons. The van der Waals surface area contributed by atoms with Crippen molar-refractivity contribution in [3.8, 4) is 11.8 Å². The van der Waals surface area contributed by atoms with Gasteiger partial charge in [-0.25, -0.2) is 4.98 Å². The Labute approximate surface area is 201 Å². The third kappa shape index (κ3) is 3.93. The topological polar surface area (TPSA) is 103 Å². The molecule has 0 aliphatic carbocycles. The number of para-hydroxylation sites is 1. The molecule has 1 amide bonds. The zero-order chi connectivity index (χ0) is 24.0. The summed E-state index contributed by atoms with van der Waals surface area (Å²) < 4.78 is 6.20. The van der Waals surface area contributed by atoms with Crippen molar-refractivity contribution in [3.05, 3.63) is 75.8 Å². The predicted molar refractivity (Wildman–Crippen MR) is 133 cm³/mol. The van der Waals surface area contributed by atoms with E-state index in [1.807, 2.05) is 39.0 Å². The molecule has 3 aromatic carbocycles. The lowest BCUT2D eigenvalue weighted by Gasteiger charge is -2.18. The number of H-pyrrole nitrogens is 1. The Morgan fingerprint density at radius 3 is 2.71 bits per heavy atom. The molecule has 0 bridgehead atoms. The number of halogens is 1. The van der Waals surface area contributed by atoms with E-state index in [-0.39, 0.29) is 5.91 Å². The standard InChI is InChI=1S/C26H22ClN5O2/c1-14-5-4-6-19(27)21(14)31-25-30-20-11-17(23-18(22(20)32-25)12-26(2,3)34-23)24(33)29-16-9-7-15(13-28)8-10-16/h4-11H,12H2,1-3H3,(H,29,33)(H2,30,31,32). The Morgan fingerprint density at radius 2 is 2.00 bits per heavy atom. The molecule has 0 unspecified atom stereocenters. The molecule has 0 radical (unpaired) electrons. The monoisotopic (exact) mass is 471 g/mol. The average Bonchev–Trinajstić information content (AvgIpc) is 3.35. The van der Waals surface area contributed by atoms with Crippen LogP contribution in [0.2, 0.25) is 5.02 Å². The number of hydrogen-bond donors (Lipinski definition) is 3. The number of nitrogens with one attached hydrogen (secondary N) is 3. The van der Waals surface area contributed by atoms with Crippen LogP contribution in [0.4, 0.5) is 17.3 Å². The molecule has 5 rings (SSSR count). The molecule has 0 fully saturated rings. The minimum absolute atomic E-state index is 0.299. The molecule has 4 aromatic rings. The molecule has 0 atom stereocenters. The number of hydrogen-bond acceptors (Lipinski definition) is 5. The van der Waals surface area contributed by atoms with Gasteiger partial charge in [0.1, 0.15) is 11.4 Å². The molecule has 1 aromatic heterocycles. The van der Waals surface area contributed by atoms with Crippen LogP contribution in [0.5, 0.6) is 5.75 Å². The van der Waals surface area contributed by atoms with Crippen molar-refractivity contribution in [2.45, 2.75) is 32.8 Å². The van der Waals surface area contributed by atoms with Crippen LogP contribution in [0.15, 0.2) is 48.5 Å². The van der Waals surface area contributed by atoms with E-state index in [0.29, 0.717) is 40.0 Å². The molecule has 0 spiro atoms. The van der Waals surface area contributed by atoms with Gasteiger partial charge in [0.15, 0.2) is 0 Å². The molecule has 1 aliphatic heterocycles. The smallest absolute Gasteiger partial charge is 0.259 e. The molecule has 8 heteroatoms. The number of aromatic nitrogens is 2. The molecule has 34 heavy (non-hydrogen) atoms. The second kappa shape index (κ2) is 8.08. The number of nitrogens with zero attached hydrogens (tertiary/aromatic N) is 2. The van der Waals surface area contributed by atoms with Gasteiger partial charge in [0.05, 0.1) is 38.9 Å². The molecular formula is C26H22ClN5O2. The van der Waals surface area contributed by atoms with E-state index in [1.165, 1.54) is 0 Å². The highest BCUT2D eigenvalue weighted by molar-refractivity contribution is 6.33. The summed E-state index contributed by atoms with van der Waals surface area (Å²) >= 11 is 6.38. The number of carbonyl (C=O) groups is 1. The Balaban J connectivity index is 1.55. The summed E-state index contributed by atoms with van der Waals surface area (Å²) in [5.74, 6) is 0.769. The minimum Gasteiger partial charge on any atom is -0.486 e. The van der Waals surface area contributed by atoms with Crippen LogP contribution in [-0.2, 0) is 6.42 Å². The summed E-state index contributed by atoms with van der Waals surface area (Å²) in [4.78, 5) is 21.3. The molecule has 1 aliphatic rings. The molecular weight excluding hydrogens is 450 g/mol. The van der Waals surface area contributed by atoms with E-state index < -0.39 is 5.60 Å². The number of anilines is 3. The van der Waals surface area contributed by atoms with Gasteiger partial charge in [-0.15, -0.1) is 0 Å². The summed E-state index contributed by atoms with van der Waals surface area (Å²) in [5, 5.41) is 15.8. The minimum atomic E-state index is -0.466. The summed E-state index contributed by atoms with van der Waals surface area (Å²) in [6, 6.07) is 16.2. The first-order valence-electron chi connectivity index (χ1n) is 10.8. The Bertz CT molecular complexity index is 1460. The average molecular weight is 472 g/mol. The maximum Gasteiger partial charge on any atom is 0.259 e. The van der Waals surface area contributed by atoms with Crippen LogP contribution in [0.25, 0.3) is 11.0 Å². The summed E-state index contributed by atoms with van der Waals surface area (Å²) in [5.41, 5.74) is 5.19. The number of amides is 1. The first kappa shape index (κ1) is 21.8. The summed E-state index contributed by atoms with van der Waals surface area (Å²) in [6.07, 6.45) is 0.617. The number of imidazole rings is 1. The molecule has 0 saturated carbocycles. The maximum atomic E-state index is 13.2. The molecule has 3 N–H and O–H groups in total. The lowest BCUT2D eigenvalue weighted by Crippen LogP contribution is -2.25. The van der Waals surface area contributed by atoms with E-state index in [1.54, 1.807) is 30.3 Å². The van der Waals surface area contributed by atoms with Crippen LogP contribution in [-0.4, -0.2) is 21.5 Å². The van der Waals surface area contributed by atoms with Crippen LogP contribution >= 0.6 is 11.6 Å². The van der Waals surface area contributed by atoms with Gasteiger partial charge in [-0.3, -0.25) is 4.79 Å². The first-order valence-corrected chi connectivity index (χ1v) is 11.2. The van der Waals surface area contributed by atoms with Gasteiger partial charge in [-0.2, -0.15) is 5.26 Å². The Hall–Kier alpha value is -4.02. The van der Waals surface area contributed by atoms with E-state index in [2.05, 4.69) is 21.7 Å². The van der Waals surface area contributed by atoms with Crippen molar-refractivity contribution in [1.29, 1.82) is 5.26 Å². The number of aryl methyl sites for hydroxylation is 1. The zero-order valence-corrected chi connectivity index (χ0v) is 19.7. The molecule has 2 heterocycles. The van der Waals surface area contributed by atoms with Crippen molar-refractivity contribution in [2.75, 3.05) is 10.6 Å². The van der Waals surface area contributed by atoms with Gasteiger partial charge in [0, 0.05) is 17.7 Å². The zero-order valence-electron chi connectivity index (χ0n) is 18.9. The number of carbonyl (C=O) groups excluding carboxylic acids is 1. The maximum absolute atomic E-state index is 13.2. The lowest BCUT2D eigenvalue weighted by molar-refractivity contribution is 0.101. The summed E-state index contributed by atoms with van der Waals surface area (Å²) in [6.45, 7) is 5.94. The van der Waals surface area contributed by atoms with Gasteiger partial charge in [-0.1, -0.05) is 23.7 Å². The largest absolute Gasteiger partial charge is 0.486 e. The highest BCUT2D eigenvalue weighted by atomic mass is 35.5. The fourth-order valence-corrected chi connectivity index (χ4v) is 4.45. The van der Waals surface area contributed by atoms with E-state index in [4.69, 9.17) is 26.6 Å². The van der Waals surface area contributed by atoms with Gasteiger partial charge in [0.2, 0.25) is 5.95 Å². The van der Waals surface area contributed by atoms with Crippen molar-refractivity contribution in [1.82, 2.24) is 9.97 Å². The van der Waals surface area contributed by atoms with Gasteiger partial charge >= 0.3 is 0 Å². The number of nitriles is 1. The second-order valence-corrected chi connectivity index (χ2v) is 9.36. The fourth-order valence-electron chi connectivity index (χ4n) is 4.18. The van der Waals surface area contributed by atoms with Crippen molar-refractivity contribution >= 4 is 45.9 Å². The third-order valence-corrected chi connectivity index (χ3v) is 6.10. The number of aromatic amines is 1. The van der Waals surface area contributed by atoms with E-state index in [0.717, 1.165) is 27.8 Å². The normalized spacial score (nSPS) is 13.7. The van der Waals surface area contributed by atoms with Crippen LogP contribution in [0.1, 0.15) is 40.9 Å². The number of rotatable bonds is 4.